The average molecular weight is 410 g/mol. The van der Waals surface area contributed by atoms with Crippen LogP contribution in [-0.2, 0) is 16.1 Å². The quantitative estimate of drug-likeness (QED) is 0.779. The lowest BCUT2D eigenvalue weighted by Gasteiger charge is -2.40. The number of hydrogen-bond donors (Lipinski definition) is 0. The third-order valence-corrected chi connectivity index (χ3v) is 6.21. The molecule has 2 aliphatic heterocycles. The largest absolute Gasteiger partial charge is 0.368 e. The maximum Gasteiger partial charge on any atom is 0.245 e. The molecule has 0 aliphatic carbocycles. The zero-order valence-electron chi connectivity index (χ0n) is 18.4. The van der Waals surface area contributed by atoms with E-state index in [1.54, 1.807) is 4.90 Å². The van der Waals surface area contributed by atoms with Crippen molar-refractivity contribution in [1.29, 1.82) is 0 Å². The molecule has 7 heteroatoms. The number of aromatic nitrogens is 2. The number of piperazine rings is 1. The second kappa shape index (κ2) is 8.13. The van der Waals surface area contributed by atoms with Crippen molar-refractivity contribution in [3.63, 3.8) is 0 Å². The van der Waals surface area contributed by atoms with E-state index in [1.165, 1.54) is 16.8 Å². The van der Waals surface area contributed by atoms with Gasteiger partial charge in [0.15, 0.2) is 0 Å². The molecule has 0 radical (unpaired) electrons. The zero-order valence-corrected chi connectivity index (χ0v) is 18.4. The Kier molecular flexibility index (Phi) is 5.54. The molecule has 0 unspecified atom stereocenters. The summed E-state index contributed by atoms with van der Waals surface area (Å²) in [7, 11) is 0. The Balaban J connectivity index is 1.49. The molecule has 2 amide bonds. The summed E-state index contributed by atoms with van der Waals surface area (Å²) < 4.78 is 1.85. The van der Waals surface area contributed by atoms with Crippen LogP contribution in [0, 0.1) is 20.8 Å². The second-order valence-electron chi connectivity index (χ2n) is 8.41. The minimum atomic E-state index is -0.472. The number of carbonyl (C=O) groups is 2. The van der Waals surface area contributed by atoms with Gasteiger partial charge in [-0.05, 0) is 44.4 Å². The minimum absolute atomic E-state index is 0.0108. The number of benzene rings is 1. The maximum absolute atomic E-state index is 13.4. The summed E-state index contributed by atoms with van der Waals surface area (Å²) in [4.78, 5) is 32.2. The first kappa shape index (κ1) is 20.4. The predicted octanol–water partition coefficient (Wildman–Crippen LogP) is 2.67. The van der Waals surface area contributed by atoms with E-state index in [4.69, 9.17) is 0 Å². The van der Waals surface area contributed by atoms with E-state index in [0.29, 0.717) is 32.5 Å². The first-order chi connectivity index (χ1) is 14.4. The van der Waals surface area contributed by atoms with Crippen molar-refractivity contribution in [2.75, 3.05) is 36.0 Å². The van der Waals surface area contributed by atoms with E-state index < -0.39 is 6.04 Å². The lowest BCUT2D eigenvalue weighted by atomic mass is 10.1. The van der Waals surface area contributed by atoms with Crippen LogP contribution in [0.5, 0.6) is 0 Å². The maximum atomic E-state index is 13.4. The average Bonchev–Trinajstić information content (AvgIpc) is 3.12. The van der Waals surface area contributed by atoms with E-state index >= 15 is 0 Å². The number of rotatable bonds is 4. The summed E-state index contributed by atoms with van der Waals surface area (Å²) in [5, 5.41) is 4.47. The molecule has 160 valence electrons. The molecule has 0 saturated carbocycles. The fraction of sp³-hybridized carbons (Fsp3) is 0.522. The molecule has 2 aromatic rings. The van der Waals surface area contributed by atoms with E-state index in [0.717, 1.165) is 24.6 Å². The Morgan fingerprint density at radius 2 is 1.80 bits per heavy atom. The Morgan fingerprint density at radius 3 is 2.50 bits per heavy atom. The SMILES string of the molecule is CC[C@H](C(=O)N1CCN(c2cc(C)ccc2C)CC1)N1C(=O)CCn2nc(C)cc21. The van der Waals surface area contributed by atoms with Gasteiger partial charge in [0.05, 0.1) is 12.2 Å². The van der Waals surface area contributed by atoms with Crippen LogP contribution in [-0.4, -0.2) is 58.7 Å². The molecular weight excluding hydrogens is 378 g/mol. The molecule has 4 rings (SSSR count). The number of carbonyl (C=O) groups excluding carboxylic acids is 2. The fourth-order valence-corrected chi connectivity index (χ4v) is 4.58. The van der Waals surface area contributed by atoms with E-state index in [1.807, 2.05) is 29.5 Å². The van der Waals surface area contributed by atoms with Crippen molar-refractivity contribution in [1.82, 2.24) is 14.7 Å². The number of amides is 2. The van der Waals surface area contributed by atoms with Crippen LogP contribution in [0.4, 0.5) is 11.5 Å². The first-order valence-electron chi connectivity index (χ1n) is 10.9. The molecular formula is C23H31N5O2. The highest BCUT2D eigenvalue weighted by molar-refractivity contribution is 6.01. The van der Waals surface area contributed by atoms with Crippen molar-refractivity contribution in [3.8, 4) is 0 Å². The third-order valence-electron chi connectivity index (χ3n) is 6.21. The van der Waals surface area contributed by atoms with Crippen LogP contribution < -0.4 is 9.80 Å². The number of hydrogen-bond acceptors (Lipinski definition) is 4. The van der Waals surface area contributed by atoms with Gasteiger partial charge in [-0.2, -0.15) is 5.10 Å². The van der Waals surface area contributed by atoms with Crippen molar-refractivity contribution < 1.29 is 9.59 Å². The van der Waals surface area contributed by atoms with Gasteiger partial charge in [0, 0.05) is 44.4 Å². The normalized spacial score (nSPS) is 17.9. The molecule has 7 nitrogen and oxygen atoms in total. The molecule has 0 bridgehead atoms. The molecule has 1 aromatic carbocycles. The van der Waals surface area contributed by atoms with Gasteiger partial charge in [0.2, 0.25) is 11.8 Å². The van der Waals surface area contributed by atoms with Gasteiger partial charge in [-0.25, -0.2) is 4.68 Å². The number of fused-ring (bicyclic) bond motifs is 1. The molecule has 30 heavy (non-hydrogen) atoms. The highest BCUT2D eigenvalue weighted by Gasteiger charge is 2.37. The van der Waals surface area contributed by atoms with Crippen molar-refractivity contribution in [3.05, 3.63) is 41.1 Å². The fourth-order valence-electron chi connectivity index (χ4n) is 4.58. The van der Waals surface area contributed by atoms with Gasteiger partial charge in [0.1, 0.15) is 11.9 Å². The van der Waals surface area contributed by atoms with Crippen LogP contribution in [0.25, 0.3) is 0 Å². The van der Waals surface area contributed by atoms with Gasteiger partial charge in [-0.1, -0.05) is 19.1 Å². The molecule has 1 saturated heterocycles. The molecule has 1 fully saturated rings. The number of aryl methyl sites for hydroxylation is 4. The highest BCUT2D eigenvalue weighted by Crippen LogP contribution is 2.28. The molecule has 1 atom stereocenters. The standard InChI is InChI=1S/C23H31N5O2/c1-5-19(28-21-15-18(4)24-27(21)9-8-22(28)29)23(30)26-12-10-25(11-13-26)20-14-16(2)6-7-17(20)3/h6-7,14-15,19H,5,8-13H2,1-4H3/t19-/m1/s1. The van der Waals surface area contributed by atoms with Gasteiger partial charge >= 0.3 is 0 Å². The summed E-state index contributed by atoms with van der Waals surface area (Å²) in [6.07, 6.45) is 0.977. The van der Waals surface area contributed by atoms with Crippen LogP contribution in [0.3, 0.4) is 0 Å². The third kappa shape index (κ3) is 3.68. The molecule has 0 spiro atoms. The zero-order chi connectivity index (χ0) is 21.4. The van der Waals surface area contributed by atoms with E-state index in [2.05, 4.69) is 42.0 Å². The monoisotopic (exact) mass is 409 g/mol. The highest BCUT2D eigenvalue weighted by atomic mass is 16.2. The smallest absolute Gasteiger partial charge is 0.245 e. The van der Waals surface area contributed by atoms with E-state index in [9.17, 15) is 9.59 Å². The summed E-state index contributed by atoms with van der Waals surface area (Å²) in [5.74, 6) is 0.799. The summed E-state index contributed by atoms with van der Waals surface area (Å²) in [6.45, 7) is 11.7. The molecule has 3 heterocycles. The molecule has 0 N–H and O–H groups in total. The first-order valence-corrected chi connectivity index (χ1v) is 10.9. The molecule has 2 aliphatic rings. The van der Waals surface area contributed by atoms with Crippen molar-refractivity contribution in [2.45, 2.75) is 53.1 Å². The number of nitrogens with zero attached hydrogens (tertiary/aromatic N) is 5. The van der Waals surface area contributed by atoms with Gasteiger partial charge in [-0.3, -0.25) is 14.5 Å². The van der Waals surface area contributed by atoms with Gasteiger partial charge in [-0.15, -0.1) is 0 Å². The van der Waals surface area contributed by atoms with Gasteiger partial charge < -0.3 is 9.80 Å². The minimum Gasteiger partial charge on any atom is -0.368 e. The van der Waals surface area contributed by atoms with Crippen LogP contribution in [0.1, 0.15) is 36.6 Å². The second-order valence-corrected chi connectivity index (χ2v) is 8.41. The predicted molar refractivity (Wildman–Crippen MR) is 118 cm³/mol. The lowest BCUT2D eigenvalue weighted by molar-refractivity contribution is -0.135. The van der Waals surface area contributed by atoms with Gasteiger partial charge in [0.25, 0.3) is 0 Å². The molecule has 1 aromatic heterocycles. The van der Waals surface area contributed by atoms with Crippen LogP contribution in [0.15, 0.2) is 24.3 Å². The summed E-state index contributed by atoms with van der Waals surface area (Å²) in [6, 6.07) is 7.94. The van der Waals surface area contributed by atoms with Crippen molar-refractivity contribution in [2.24, 2.45) is 0 Å². The Morgan fingerprint density at radius 1 is 1.07 bits per heavy atom. The Labute approximate surface area is 178 Å². The Bertz CT molecular complexity index is 958. The van der Waals surface area contributed by atoms with Crippen LogP contribution >= 0.6 is 0 Å². The topological polar surface area (TPSA) is 61.7 Å². The van der Waals surface area contributed by atoms with E-state index in [-0.39, 0.29) is 11.8 Å². The number of anilines is 2. The summed E-state index contributed by atoms with van der Waals surface area (Å²) >= 11 is 0. The lowest BCUT2D eigenvalue weighted by Crippen LogP contribution is -2.57. The summed E-state index contributed by atoms with van der Waals surface area (Å²) in [5.41, 5.74) is 4.62. The van der Waals surface area contributed by atoms with Crippen molar-refractivity contribution >= 4 is 23.3 Å². The van der Waals surface area contributed by atoms with Crippen LogP contribution in [0.2, 0.25) is 0 Å². The Hall–Kier alpha value is -2.83.